The predicted octanol–water partition coefficient (Wildman–Crippen LogP) is 1.44. The molecule has 3 aliphatic rings. The number of thiol groups is 1. The normalized spacial score (nSPS) is 21.3. The summed E-state index contributed by atoms with van der Waals surface area (Å²) in [6, 6.07) is 0.963. The maximum absolute atomic E-state index is 14.4. The Bertz CT molecular complexity index is 1690. The average molecular weight is 706 g/mol. The number of aryl methyl sites for hydroxylation is 1. The first-order valence-corrected chi connectivity index (χ1v) is 16.8. The quantitative estimate of drug-likeness (QED) is 0.0572. The van der Waals surface area contributed by atoms with E-state index in [1.54, 1.807) is 32.1 Å². The van der Waals surface area contributed by atoms with Crippen molar-refractivity contribution in [3.63, 3.8) is 0 Å². The second-order valence-corrected chi connectivity index (χ2v) is 13.9. The molecule has 50 heavy (non-hydrogen) atoms. The van der Waals surface area contributed by atoms with Crippen molar-refractivity contribution in [2.45, 2.75) is 94.6 Å². The summed E-state index contributed by atoms with van der Waals surface area (Å²) in [5, 5.41) is 41.2. The van der Waals surface area contributed by atoms with Gasteiger partial charge < -0.3 is 36.2 Å². The van der Waals surface area contributed by atoms with Crippen LogP contribution in [0, 0.1) is 25.2 Å². The Kier molecular flexibility index (Phi) is 12.4. The van der Waals surface area contributed by atoms with E-state index in [-0.39, 0.29) is 32.2 Å². The van der Waals surface area contributed by atoms with E-state index >= 15 is 0 Å². The van der Waals surface area contributed by atoms with E-state index in [2.05, 4.69) is 51.3 Å². The van der Waals surface area contributed by atoms with Gasteiger partial charge in [-0.1, -0.05) is 55.0 Å². The fraction of sp³-hybridized carbons (Fsp3) is 0.472. The van der Waals surface area contributed by atoms with Crippen molar-refractivity contribution >= 4 is 42.3 Å². The van der Waals surface area contributed by atoms with Crippen LogP contribution in [0.15, 0.2) is 53.1 Å². The number of aliphatic hydroxyl groups excluding tert-OH is 1. The number of carboxylic acid groups (broad SMARTS) is 2. The van der Waals surface area contributed by atoms with Crippen LogP contribution >= 0.6 is 12.6 Å². The minimum atomic E-state index is -1.39. The highest BCUT2D eigenvalue weighted by molar-refractivity contribution is 7.81. The summed E-state index contributed by atoms with van der Waals surface area (Å²) in [6.45, 7) is 5.51. The van der Waals surface area contributed by atoms with Crippen LogP contribution in [0.25, 0.3) is 0 Å². The van der Waals surface area contributed by atoms with Gasteiger partial charge in [-0.3, -0.25) is 29.3 Å². The number of amides is 3. The Balaban J connectivity index is 1.57. The molecule has 0 fully saturated rings. The number of carbonyl (C=O) groups is 5. The molecule has 266 valence electrons. The molecule has 1 aromatic rings. The van der Waals surface area contributed by atoms with Crippen molar-refractivity contribution in [3.8, 4) is 12.3 Å². The maximum atomic E-state index is 14.4. The highest BCUT2D eigenvalue weighted by Crippen LogP contribution is 2.35. The minimum absolute atomic E-state index is 0.0189. The zero-order chi connectivity index (χ0) is 36.7. The lowest BCUT2D eigenvalue weighted by atomic mass is 9.89. The second kappa shape index (κ2) is 16.3. The predicted molar refractivity (Wildman–Crippen MR) is 186 cm³/mol. The molecule has 0 aromatic heterocycles. The van der Waals surface area contributed by atoms with Gasteiger partial charge in [0.25, 0.3) is 0 Å². The fourth-order valence-corrected chi connectivity index (χ4v) is 6.65. The number of terminal acetylenes is 1. The van der Waals surface area contributed by atoms with E-state index in [4.69, 9.17) is 6.42 Å². The molecule has 2 heterocycles. The molecule has 1 aromatic carbocycles. The molecule has 3 amide bonds. The number of allylic oxidation sites excluding steroid dienone is 2. The summed E-state index contributed by atoms with van der Waals surface area (Å²) in [5.41, 5.74) is 9.61. The first-order valence-electron chi connectivity index (χ1n) is 16.4. The van der Waals surface area contributed by atoms with Crippen LogP contribution in [-0.2, 0) is 30.4 Å². The smallest absolute Gasteiger partial charge is 0.306 e. The molecule has 4 rings (SSSR count). The Hall–Kier alpha value is -4.76. The van der Waals surface area contributed by atoms with Gasteiger partial charge in [0.2, 0.25) is 17.7 Å². The van der Waals surface area contributed by atoms with Crippen molar-refractivity contribution in [2.75, 3.05) is 6.54 Å². The number of aliphatic carboxylic acids is 2. The topological polar surface area (TPSA) is 197 Å². The highest BCUT2D eigenvalue weighted by Gasteiger charge is 2.44. The Morgan fingerprint density at radius 3 is 2.50 bits per heavy atom. The van der Waals surface area contributed by atoms with Gasteiger partial charge in [-0.15, -0.1) is 19.1 Å². The maximum Gasteiger partial charge on any atom is 0.306 e. The lowest BCUT2D eigenvalue weighted by Gasteiger charge is -2.40. The van der Waals surface area contributed by atoms with Gasteiger partial charge in [-0.05, 0) is 54.9 Å². The van der Waals surface area contributed by atoms with Gasteiger partial charge in [0.05, 0.1) is 12.5 Å². The van der Waals surface area contributed by atoms with Crippen molar-refractivity contribution in [1.29, 1.82) is 0 Å². The minimum Gasteiger partial charge on any atom is -0.481 e. The van der Waals surface area contributed by atoms with Crippen molar-refractivity contribution in [2.24, 2.45) is 5.92 Å². The largest absolute Gasteiger partial charge is 0.481 e. The van der Waals surface area contributed by atoms with Gasteiger partial charge in [-0.25, -0.2) is 0 Å². The monoisotopic (exact) mass is 705 g/mol. The SMILES string of the molecule is C#C[C@H](CC(=O)O)NC(=O)[C@@H]1c2ccc(C)cc2CCN1C(=O)[C@@H](NC(=O)[C@H](CCCC(=O)O)NC(O)C1(S)CC2=C(C=C=C=C2)N1)C(C)C. The van der Waals surface area contributed by atoms with E-state index in [1.807, 2.05) is 19.1 Å². The number of nitrogens with zero attached hydrogens (tertiary/aromatic N) is 1. The molecule has 0 bridgehead atoms. The first kappa shape index (κ1) is 38.0. The summed E-state index contributed by atoms with van der Waals surface area (Å²) >= 11 is 4.68. The Morgan fingerprint density at radius 2 is 1.86 bits per heavy atom. The molecular formula is C36H43N5O8S. The summed E-state index contributed by atoms with van der Waals surface area (Å²) in [4.78, 5) is 64.9. The highest BCUT2D eigenvalue weighted by atomic mass is 32.1. The van der Waals surface area contributed by atoms with Crippen LogP contribution in [0.1, 0.15) is 68.7 Å². The molecule has 2 unspecified atom stereocenters. The number of carboxylic acids is 2. The summed E-state index contributed by atoms with van der Waals surface area (Å²) in [5.74, 6) is -2.29. The van der Waals surface area contributed by atoms with E-state index in [9.17, 15) is 39.3 Å². The number of aliphatic hydroxyl groups is 1. The Labute approximate surface area is 296 Å². The van der Waals surface area contributed by atoms with E-state index in [0.29, 0.717) is 17.7 Å². The second-order valence-electron chi connectivity index (χ2n) is 13.1. The van der Waals surface area contributed by atoms with Crippen molar-refractivity contribution in [3.05, 3.63) is 69.8 Å². The number of hydrogen-bond acceptors (Lipinski definition) is 9. The standard InChI is InChI=1S/C36H43N5O8S/c1-5-24(18-29(44)45)37-33(47)31-25-14-13-21(4)17-22(25)15-16-41(31)34(48)30(20(2)3)39-32(46)27(11-8-12-28(42)43)38-35(49)36(50)19-23-9-6-7-10-26(23)40-36/h1,9-10,13-14,17,20,24,27,30-31,35,38,40,49-50H,8,11-12,15-16,18-19H2,2-4H3,(H,37,47)(H,39,46)(H,42,43)(H,44,45)/t24-,27+,30+,31+,35?,36?/m1/s1. The lowest BCUT2D eigenvalue weighted by molar-refractivity contribution is -0.146. The Morgan fingerprint density at radius 1 is 1.14 bits per heavy atom. The zero-order valence-electron chi connectivity index (χ0n) is 28.2. The van der Waals surface area contributed by atoms with Gasteiger partial charge in [0, 0.05) is 31.2 Å². The molecule has 7 N–H and O–H groups in total. The number of nitrogens with one attached hydrogen (secondary N) is 4. The molecule has 13 nitrogen and oxygen atoms in total. The molecule has 0 radical (unpaired) electrons. The lowest BCUT2D eigenvalue weighted by Crippen LogP contribution is -2.61. The van der Waals surface area contributed by atoms with Crippen molar-refractivity contribution in [1.82, 2.24) is 26.2 Å². The number of hydrogen-bond donors (Lipinski definition) is 8. The van der Waals surface area contributed by atoms with Crippen LogP contribution in [0.3, 0.4) is 0 Å². The third-order valence-corrected chi connectivity index (χ3v) is 9.41. The summed E-state index contributed by atoms with van der Waals surface area (Å²) in [6.07, 6.45) is 7.61. The molecule has 0 saturated carbocycles. The van der Waals surface area contributed by atoms with Gasteiger partial charge >= 0.3 is 11.9 Å². The number of fused-ring (bicyclic) bond motifs is 1. The average Bonchev–Trinajstić information content (AvgIpc) is 3.42. The van der Waals surface area contributed by atoms with Crippen LogP contribution in [0.5, 0.6) is 0 Å². The zero-order valence-corrected chi connectivity index (χ0v) is 29.0. The molecule has 0 spiro atoms. The third-order valence-electron chi connectivity index (χ3n) is 8.90. The molecule has 2 aliphatic heterocycles. The number of benzene rings is 1. The number of carbonyl (C=O) groups excluding carboxylic acids is 3. The van der Waals surface area contributed by atoms with E-state index < -0.39 is 77.3 Å². The van der Waals surface area contributed by atoms with Crippen LogP contribution in [0.4, 0.5) is 0 Å². The summed E-state index contributed by atoms with van der Waals surface area (Å²) in [7, 11) is 0. The van der Waals surface area contributed by atoms with Crippen LogP contribution in [0.2, 0.25) is 0 Å². The molecule has 1 aliphatic carbocycles. The third kappa shape index (κ3) is 9.07. The molecule has 14 heteroatoms. The van der Waals surface area contributed by atoms with Gasteiger partial charge in [-0.2, -0.15) is 0 Å². The van der Waals surface area contributed by atoms with E-state index in [1.165, 1.54) is 4.90 Å². The number of rotatable bonds is 15. The molecule has 6 atom stereocenters. The van der Waals surface area contributed by atoms with Gasteiger partial charge in [0.1, 0.15) is 29.2 Å². The van der Waals surface area contributed by atoms with Crippen LogP contribution in [-0.4, -0.2) is 85.6 Å². The fourth-order valence-electron chi connectivity index (χ4n) is 6.28. The van der Waals surface area contributed by atoms with Crippen LogP contribution < -0.4 is 21.3 Å². The molecular weight excluding hydrogens is 662 g/mol. The first-order chi connectivity index (χ1) is 23.6. The van der Waals surface area contributed by atoms with E-state index in [0.717, 1.165) is 16.7 Å². The van der Waals surface area contributed by atoms with Crippen molar-refractivity contribution < 1.29 is 39.3 Å². The van der Waals surface area contributed by atoms with Gasteiger partial charge in [0.15, 0.2) is 0 Å². The summed E-state index contributed by atoms with van der Waals surface area (Å²) < 4.78 is 0. The molecule has 0 saturated heterocycles.